The standard InChI is InChI=1S/C17H13Cl2FN4OS/c18-14-15(24-26-16(14)19)13(25)7-9-3-4-11(20)10(6-9)8-23-12-2-1-5-22-17(12)21/h1-6,23H,7-8H2,(H2,21,22). The van der Waals surface area contributed by atoms with E-state index in [0.29, 0.717) is 22.6 Å². The first kappa shape index (κ1) is 18.6. The molecule has 3 aromatic rings. The minimum Gasteiger partial charge on any atom is -0.382 e. The Bertz CT molecular complexity index is 964. The SMILES string of the molecule is Nc1ncccc1NCc1cc(CC(=O)c2nsc(Cl)c2Cl)ccc1F. The lowest BCUT2D eigenvalue weighted by Gasteiger charge is -2.10. The number of nitrogens with zero attached hydrogens (tertiary/aromatic N) is 2. The van der Waals surface area contributed by atoms with E-state index in [4.69, 9.17) is 28.9 Å². The van der Waals surface area contributed by atoms with Crippen molar-refractivity contribution < 1.29 is 9.18 Å². The first-order chi connectivity index (χ1) is 12.5. The molecule has 0 radical (unpaired) electrons. The number of Topliss-reactive ketones (excluding diaryl/α,β-unsaturated/α-hetero) is 1. The van der Waals surface area contributed by atoms with Gasteiger partial charge in [0.15, 0.2) is 5.78 Å². The van der Waals surface area contributed by atoms with Crippen LogP contribution < -0.4 is 11.1 Å². The van der Waals surface area contributed by atoms with Gasteiger partial charge in [0.25, 0.3) is 0 Å². The summed E-state index contributed by atoms with van der Waals surface area (Å²) in [6.45, 7) is 0.201. The molecule has 2 aromatic heterocycles. The van der Waals surface area contributed by atoms with Gasteiger partial charge in [0.05, 0.1) is 5.69 Å². The van der Waals surface area contributed by atoms with E-state index in [1.54, 1.807) is 30.5 Å². The number of anilines is 2. The Labute approximate surface area is 163 Å². The van der Waals surface area contributed by atoms with Gasteiger partial charge in [-0.1, -0.05) is 35.3 Å². The largest absolute Gasteiger partial charge is 0.382 e. The Morgan fingerprint density at radius 1 is 1.31 bits per heavy atom. The van der Waals surface area contributed by atoms with Crippen molar-refractivity contribution in [3.63, 3.8) is 0 Å². The molecule has 0 amide bonds. The summed E-state index contributed by atoms with van der Waals surface area (Å²) in [6, 6.07) is 7.97. The fraction of sp³-hybridized carbons (Fsp3) is 0.118. The number of hydrogen-bond donors (Lipinski definition) is 2. The molecule has 0 atom stereocenters. The van der Waals surface area contributed by atoms with Crippen molar-refractivity contribution in [3.05, 3.63) is 68.5 Å². The Morgan fingerprint density at radius 3 is 2.81 bits per heavy atom. The van der Waals surface area contributed by atoms with Crippen molar-refractivity contribution in [1.29, 1.82) is 0 Å². The predicted molar refractivity (Wildman–Crippen MR) is 103 cm³/mol. The molecule has 26 heavy (non-hydrogen) atoms. The number of aromatic nitrogens is 2. The third-order valence-electron chi connectivity index (χ3n) is 3.64. The number of hydrogen-bond acceptors (Lipinski definition) is 6. The first-order valence-corrected chi connectivity index (χ1v) is 9.04. The van der Waals surface area contributed by atoms with E-state index < -0.39 is 0 Å². The summed E-state index contributed by atoms with van der Waals surface area (Å²) in [4.78, 5) is 16.3. The van der Waals surface area contributed by atoms with Crippen LogP contribution in [0.2, 0.25) is 9.36 Å². The molecule has 0 fully saturated rings. The van der Waals surface area contributed by atoms with Gasteiger partial charge in [-0.25, -0.2) is 9.37 Å². The molecule has 0 spiro atoms. The Morgan fingerprint density at radius 2 is 2.12 bits per heavy atom. The van der Waals surface area contributed by atoms with Gasteiger partial charge in [-0.15, -0.1) is 0 Å². The second-order valence-corrected chi connectivity index (χ2v) is 7.19. The van der Waals surface area contributed by atoms with Crippen LogP contribution in [-0.2, 0) is 13.0 Å². The van der Waals surface area contributed by atoms with Crippen molar-refractivity contribution in [2.75, 3.05) is 11.1 Å². The summed E-state index contributed by atoms with van der Waals surface area (Å²) >= 11 is 12.8. The highest BCUT2D eigenvalue weighted by Crippen LogP contribution is 2.30. The van der Waals surface area contributed by atoms with Gasteiger partial charge >= 0.3 is 0 Å². The maximum atomic E-state index is 14.1. The van der Waals surface area contributed by atoms with Crippen LogP contribution in [0.25, 0.3) is 0 Å². The van der Waals surface area contributed by atoms with Crippen LogP contribution in [0.4, 0.5) is 15.9 Å². The molecule has 0 bridgehead atoms. The van der Waals surface area contributed by atoms with E-state index in [0.717, 1.165) is 11.5 Å². The van der Waals surface area contributed by atoms with Crippen LogP contribution in [0.5, 0.6) is 0 Å². The molecule has 9 heteroatoms. The Balaban J connectivity index is 1.74. The van der Waals surface area contributed by atoms with Crippen LogP contribution in [0.15, 0.2) is 36.5 Å². The van der Waals surface area contributed by atoms with Crippen LogP contribution >= 0.6 is 34.7 Å². The molecular weight excluding hydrogens is 398 g/mol. The van der Waals surface area contributed by atoms with Gasteiger partial charge in [0.2, 0.25) is 0 Å². The van der Waals surface area contributed by atoms with E-state index in [1.165, 1.54) is 6.07 Å². The number of benzene rings is 1. The molecule has 3 N–H and O–H groups in total. The zero-order valence-corrected chi connectivity index (χ0v) is 15.6. The minimum atomic E-state index is -0.383. The van der Waals surface area contributed by atoms with Gasteiger partial charge in [0, 0.05) is 24.7 Å². The lowest BCUT2D eigenvalue weighted by molar-refractivity contribution is 0.0989. The maximum Gasteiger partial charge on any atom is 0.188 e. The number of halogens is 3. The smallest absolute Gasteiger partial charge is 0.188 e. The molecule has 134 valence electrons. The van der Waals surface area contributed by atoms with E-state index in [-0.39, 0.29) is 39.6 Å². The fourth-order valence-electron chi connectivity index (χ4n) is 2.33. The average Bonchev–Trinajstić information content (AvgIpc) is 2.96. The summed E-state index contributed by atoms with van der Waals surface area (Å²) in [6.07, 6.45) is 1.62. The number of nitrogen functional groups attached to an aromatic ring is 1. The molecule has 3 rings (SSSR count). The third-order valence-corrected chi connectivity index (χ3v) is 5.26. The number of rotatable bonds is 6. The number of pyridine rings is 1. The molecule has 2 heterocycles. The van der Waals surface area contributed by atoms with Crippen LogP contribution in [0.3, 0.4) is 0 Å². The number of nitrogens with one attached hydrogen (secondary N) is 1. The minimum absolute atomic E-state index is 0.0437. The molecule has 0 saturated heterocycles. The first-order valence-electron chi connectivity index (χ1n) is 7.51. The Kier molecular flexibility index (Phi) is 5.70. The number of ketones is 1. The highest BCUT2D eigenvalue weighted by Gasteiger charge is 2.18. The van der Waals surface area contributed by atoms with Gasteiger partial charge < -0.3 is 11.1 Å². The molecule has 1 aromatic carbocycles. The topological polar surface area (TPSA) is 80.9 Å². The normalized spacial score (nSPS) is 10.7. The number of carbonyl (C=O) groups excluding carboxylic acids is 1. The van der Waals surface area contributed by atoms with Crippen molar-refractivity contribution in [3.8, 4) is 0 Å². The molecule has 0 saturated carbocycles. The highest BCUT2D eigenvalue weighted by atomic mass is 35.5. The zero-order chi connectivity index (χ0) is 18.7. The van der Waals surface area contributed by atoms with E-state index >= 15 is 0 Å². The lowest BCUT2D eigenvalue weighted by atomic mass is 10.0. The summed E-state index contributed by atoms with van der Waals surface area (Å²) in [5.41, 5.74) is 7.55. The second kappa shape index (κ2) is 7.99. The molecule has 0 unspecified atom stereocenters. The predicted octanol–water partition coefficient (Wildman–Crippen LogP) is 4.60. The fourth-order valence-corrected chi connectivity index (χ4v) is 3.37. The van der Waals surface area contributed by atoms with Crippen LogP contribution in [-0.4, -0.2) is 15.1 Å². The van der Waals surface area contributed by atoms with Crippen molar-refractivity contribution in [2.45, 2.75) is 13.0 Å². The van der Waals surface area contributed by atoms with E-state index in [2.05, 4.69) is 14.7 Å². The zero-order valence-electron chi connectivity index (χ0n) is 13.3. The maximum absolute atomic E-state index is 14.1. The molecule has 0 aliphatic heterocycles. The number of carbonyl (C=O) groups is 1. The molecular formula is C17H13Cl2FN4OS. The summed E-state index contributed by atoms with van der Waals surface area (Å²) in [7, 11) is 0. The van der Waals surface area contributed by atoms with Gasteiger partial charge in [-0.05, 0) is 35.3 Å². The van der Waals surface area contributed by atoms with Crippen LogP contribution in [0.1, 0.15) is 21.6 Å². The van der Waals surface area contributed by atoms with E-state index in [1.807, 2.05) is 0 Å². The van der Waals surface area contributed by atoms with Crippen molar-refractivity contribution in [2.24, 2.45) is 0 Å². The molecule has 0 aliphatic carbocycles. The average molecular weight is 411 g/mol. The molecule has 0 aliphatic rings. The number of nitrogens with two attached hydrogens (primary N) is 1. The Hall–Kier alpha value is -2.22. The highest BCUT2D eigenvalue weighted by molar-refractivity contribution is 7.11. The van der Waals surface area contributed by atoms with Crippen LogP contribution in [0, 0.1) is 5.82 Å². The quantitative estimate of drug-likeness (QED) is 0.580. The summed E-state index contributed by atoms with van der Waals surface area (Å²) < 4.78 is 18.3. The monoisotopic (exact) mass is 410 g/mol. The van der Waals surface area contributed by atoms with Gasteiger partial charge in [0.1, 0.15) is 26.7 Å². The van der Waals surface area contributed by atoms with Gasteiger partial charge in [-0.3, -0.25) is 4.79 Å². The van der Waals surface area contributed by atoms with E-state index in [9.17, 15) is 9.18 Å². The summed E-state index contributed by atoms with van der Waals surface area (Å²) in [5, 5.41) is 3.18. The summed E-state index contributed by atoms with van der Waals surface area (Å²) in [5.74, 6) is -0.333. The second-order valence-electron chi connectivity index (χ2n) is 5.43. The van der Waals surface area contributed by atoms with Gasteiger partial charge in [-0.2, -0.15) is 4.37 Å². The third kappa shape index (κ3) is 4.12. The van der Waals surface area contributed by atoms with Crippen molar-refractivity contribution in [1.82, 2.24) is 9.36 Å². The van der Waals surface area contributed by atoms with Crippen molar-refractivity contribution >= 4 is 52.0 Å². The lowest BCUT2D eigenvalue weighted by Crippen LogP contribution is -2.08. The molecule has 5 nitrogen and oxygen atoms in total.